The second-order valence-electron chi connectivity index (χ2n) is 1.60. The minimum atomic E-state index is -3.38. The average molecular weight is 154 g/mol. The van der Waals surface area contributed by atoms with Crippen molar-refractivity contribution < 1.29 is 22.8 Å². The van der Waals surface area contributed by atoms with Gasteiger partial charge in [-0.15, -0.1) is 0 Å². The van der Waals surface area contributed by atoms with Crippen molar-refractivity contribution in [2.24, 2.45) is 0 Å². The molecule has 0 spiro atoms. The van der Waals surface area contributed by atoms with Crippen LogP contribution in [-0.2, 0) is 18.4 Å². The molecule has 6 heteroatoms. The maximum Gasteiger partial charge on any atom is 0.381 e. The van der Waals surface area contributed by atoms with Crippen molar-refractivity contribution in [3.8, 4) is 0 Å². The van der Waals surface area contributed by atoms with Crippen LogP contribution in [0.3, 0.4) is 0 Å². The summed E-state index contributed by atoms with van der Waals surface area (Å²) >= 11 is 0. The second-order valence-corrected chi connectivity index (χ2v) is 3.54. The fourth-order valence-electron chi connectivity index (χ4n) is 0.438. The summed E-state index contributed by atoms with van der Waals surface area (Å²) in [7, 11) is -3.38. The molecule has 0 bridgehead atoms. The van der Waals surface area contributed by atoms with Gasteiger partial charge in [0.1, 0.15) is 0 Å². The molecular formula is C3H4FO4P. The molecule has 0 aliphatic carbocycles. The molecule has 0 radical (unpaired) electrons. The first-order chi connectivity index (χ1) is 4.01. The van der Waals surface area contributed by atoms with E-state index in [4.69, 9.17) is 0 Å². The second kappa shape index (κ2) is 1.78. The summed E-state index contributed by atoms with van der Waals surface area (Å²) in [4.78, 5) is 10.1. The van der Waals surface area contributed by atoms with Gasteiger partial charge in [0.25, 0.3) is 0 Å². The quantitative estimate of drug-likeness (QED) is 0.481. The van der Waals surface area contributed by atoms with Crippen LogP contribution in [0.1, 0.15) is 0 Å². The van der Waals surface area contributed by atoms with Crippen molar-refractivity contribution in [1.82, 2.24) is 0 Å². The monoisotopic (exact) mass is 154 g/mol. The van der Waals surface area contributed by atoms with Crippen molar-refractivity contribution >= 4 is 13.6 Å². The normalized spacial score (nSPS) is 42.9. The first-order valence-electron chi connectivity index (χ1n) is 2.15. The van der Waals surface area contributed by atoms with E-state index < -0.39 is 19.9 Å². The van der Waals surface area contributed by atoms with Gasteiger partial charge in [0.15, 0.2) is 0 Å². The van der Waals surface area contributed by atoms with Crippen LogP contribution in [0.25, 0.3) is 0 Å². The van der Waals surface area contributed by atoms with Crippen molar-refractivity contribution in [2.45, 2.75) is 6.36 Å². The van der Waals surface area contributed by atoms with Crippen LogP contribution in [-0.4, -0.2) is 19.0 Å². The zero-order chi connectivity index (χ0) is 7.07. The maximum absolute atomic E-state index is 11.9. The summed E-state index contributed by atoms with van der Waals surface area (Å²) in [6.07, 6.45) is -2.17. The van der Waals surface area contributed by atoms with E-state index in [1.54, 1.807) is 0 Å². The highest BCUT2D eigenvalue weighted by molar-refractivity contribution is 7.54. The lowest BCUT2D eigenvalue weighted by atomic mass is 10.7. The summed E-state index contributed by atoms with van der Waals surface area (Å²) in [5.74, 6) is -1.21. The molecule has 0 saturated carbocycles. The Balaban J connectivity index is 2.77. The van der Waals surface area contributed by atoms with Gasteiger partial charge in [-0.05, 0) is 0 Å². The van der Waals surface area contributed by atoms with Gasteiger partial charge in [-0.2, -0.15) is 0 Å². The third-order valence-electron chi connectivity index (χ3n) is 0.725. The van der Waals surface area contributed by atoms with Gasteiger partial charge in [0.2, 0.25) is 0 Å². The van der Waals surface area contributed by atoms with E-state index in [0.29, 0.717) is 0 Å². The molecule has 0 aromatic rings. The lowest BCUT2D eigenvalue weighted by Gasteiger charge is -1.96. The number of carbonyl (C=O) groups is 1. The first kappa shape index (κ1) is 6.71. The molecule has 0 aromatic heterocycles. The summed E-state index contributed by atoms with van der Waals surface area (Å²) in [6, 6.07) is 0. The number of carbonyl (C=O) groups excluding carboxylic acids is 1. The minimum Gasteiger partial charge on any atom is -0.388 e. The molecule has 0 aromatic carbocycles. The van der Waals surface area contributed by atoms with E-state index in [1.807, 2.05) is 0 Å². The average Bonchev–Trinajstić information content (AvgIpc) is 1.79. The molecule has 1 aliphatic rings. The molecule has 1 saturated heterocycles. The number of rotatable bonds is 0. The topological polar surface area (TPSA) is 52.6 Å². The van der Waals surface area contributed by atoms with Gasteiger partial charge in [-0.1, -0.05) is 0 Å². The Morgan fingerprint density at radius 1 is 1.78 bits per heavy atom. The van der Waals surface area contributed by atoms with E-state index >= 15 is 0 Å². The fourth-order valence-corrected chi connectivity index (χ4v) is 1.31. The van der Waals surface area contributed by atoms with Gasteiger partial charge in [-0.25, -0.2) is 13.8 Å². The fraction of sp³-hybridized carbons (Fsp3) is 0.667. The highest BCUT2D eigenvalue weighted by Gasteiger charge is 2.40. The summed E-state index contributed by atoms with van der Waals surface area (Å²) in [5.41, 5.74) is 0. The molecule has 1 rings (SSSR count). The van der Waals surface area contributed by atoms with Crippen molar-refractivity contribution in [2.75, 3.05) is 6.66 Å². The van der Waals surface area contributed by atoms with Crippen LogP contribution in [0.15, 0.2) is 0 Å². The third-order valence-corrected chi connectivity index (χ3v) is 1.80. The number of hydrogen-bond donors (Lipinski definition) is 0. The molecule has 2 unspecified atom stereocenters. The lowest BCUT2D eigenvalue weighted by molar-refractivity contribution is -0.141. The molecule has 4 nitrogen and oxygen atoms in total. The summed E-state index contributed by atoms with van der Waals surface area (Å²) in [5, 5.41) is 0. The SMILES string of the molecule is CP1(=O)OC(=O)C(F)O1. The molecule has 1 aliphatic heterocycles. The molecule has 9 heavy (non-hydrogen) atoms. The van der Waals surface area contributed by atoms with E-state index in [-0.39, 0.29) is 0 Å². The van der Waals surface area contributed by atoms with Crippen LogP contribution in [0.4, 0.5) is 4.39 Å². The Morgan fingerprint density at radius 3 is 2.44 bits per heavy atom. The Morgan fingerprint density at radius 2 is 2.33 bits per heavy atom. The molecular weight excluding hydrogens is 150 g/mol. The first-order valence-corrected chi connectivity index (χ1v) is 4.14. The molecule has 0 N–H and O–H groups in total. The Hall–Kier alpha value is -0.410. The zero-order valence-electron chi connectivity index (χ0n) is 4.54. The molecule has 0 amide bonds. The third kappa shape index (κ3) is 1.28. The van der Waals surface area contributed by atoms with Gasteiger partial charge < -0.3 is 4.52 Å². The molecule has 52 valence electrons. The summed E-state index contributed by atoms with van der Waals surface area (Å²) in [6.45, 7) is 1.03. The van der Waals surface area contributed by atoms with Crippen molar-refractivity contribution in [3.05, 3.63) is 0 Å². The number of halogens is 1. The van der Waals surface area contributed by atoms with Crippen molar-refractivity contribution in [1.29, 1.82) is 0 Å². The Kier molecular flexibility index (Phi) is 1.33. The van der Waals surface area contributed by atoms with Crippen LogP contribution in [0, 0.1) is 0 Å². The van der Waals surface area contributed by atoms with Crippen LogP contribution >= 0.6 is 7.60 Å². The number of hydrogen-bond acceptors (Lipinski definition) is 4. The van der Waals surface area contributed by atoms with Gasteiger partial charge in [0, 0.05) is 0 Å². The van der Waals surface area contributed by atoms with Gasteiger partial charge in [-0.3, -0.25) is 4.52 Å². The van der Waals surface area contributed by atoms with Crippen LogP contribution in [0.2, 0.25) is 0 Å². The van der Waals surface area contributed by atoms with E-state index in [9.17, 15) is 13.8 Å². The van der Waals surface area contributed by atoms with Gasteiger partial charge in [0.05, 0.1) is 6.66 Å². The van der Waals surface area contributed by atoms with E-state index in [2.05, 4.69) is 9.05 Å². The van der Waals surface area contributed by atoms with Gasteiger partial charge >= 0.3 is 19.9 Å². The maximum atomic E-state index is 11.9. The highest BCUT2D eigenvalue weighted by Crippen LogP contribution is 2.50. The Labute approximate surface area is 50.5 Å². The van der Waals surface area contributed by atoms with Crippen LogP contribution in [0.5, 0.6) is 0 Å². The number of alkyl halides is 1. The largest absolute Gasteiger partial charge is 0.388 e. The van der Waals surface area contributed by atoms with E-state index in [1.165, 1.54) is 0 Å². The highest BCUT2D eigenvalue weighted by atomic mass is 31.2. The molecule has 2 atom stereocenters. The van der Waals surface area contributed by atoms with Crippen LogP contribution < -0.4 is 0 Å². The summed E-state index contributed by atoms with van der Waals surface area (Å²) < 4.78 is 30.4. The molecule has 1 fully saturated rings. The predicted octanol–water partition coefficient (Wildman–Crippen LogP) is 0.678. The minimum absolute atomic E-state index is 1.03. The standard InChI is InChI=1S/C3H4FO4P/c1-9(6)7-2(4)3(5)8-9/h2H,1H3. The molecule has 1 heterocycles. The lowest BCUT2D eigenvalue weighted by Crippen LogP contribution is -2.07. The zero-order valence-corrected chi connectivity index (χ0v) is 5.43. The smallest absolute Gasteiger partial charge is 0.381 e. The van der Waals surface area contributed by atoms with Crippen molar-refractivity contribution in [3.63, 3.8) is 0 Å². The Bertz CT molecular complexity index is 190. The van der Waals surface area contributed by atoms with E-state index in [0.717, 1.165) is 6.66 Å². The predicted molar refractivity (Wildman–Crippen MR) is 25.6 cm³/mol.